The second-order valence-corrected chi connectivity index (χ2v) is 13.8. The van der Waals surface area contributed by atoms with Crippen molar-refractivity contribution in [3.63, 3.8) is 0 Å². The highest BCUT2D eigenvalue weighted by Gasteiger charge is 2.25. The third-order valence-corrected chi connectivity index (χ3v) is 10.5. The van der Waals surface area contributed by atoms with Crippen molar-refractivity contribution in [2.75, 3.05) is 0 Å². The van der Waals surface area contributed by atoms with E-state index in [9.17, 15) is 13.7 Å². The Hall–Kier alpha value is -5.64. The first-order chi connectivity index (χ1) is 22.0. The van der Waals surface area contributed by atoms with Gasteiger partial charge in [-0.25, -0.2) is 8.42 Å². The van der Waals surface area contributed by atoms with E-state index in [0.29, 0.717) is 5.56 Å². The lowest BCUT2D eigenvalue weighted by molar-refractivity contribution is 0.595. The molecule has 6 heteroatoms. The first-order valence-corrected chi connectivity index (χ1v) is 16.6. The average molecular weight is 601 g/mol. The Morgan fingerprint density at radius 2 is 1.27 bits per heavy atom. The fourth-order valence-electron chi connectivity index (χ4n) is 6.96. The van der Waals surface area contributed by atoms with Gasteiger partial charge in [0.1, 0.15) is 11.2 Å². The van der Waals surface area contributed by atoms with Crippen LogP contribution in [-0.2, 0) is 21.3 Å². The number of sulfone groups is 1. The second-order valence-electron chi connectivity index (χ2n) is 11.8. The molecule has 0 N–H and O–H groups in total. The molecule has 6 aromatic carbocycles. The van der Waals surface area contributed by atoms with E-state index < -0.39 is 9.84 Å². The summed E-state index contributed by atoms with van der Waals surface area (Å²) in [5.41, 5.74) is 10.6. The Balaban J connectivity index is 1.25. The van der Waals surface area contributed by atoms with Gasteiger partial charge in [-0.1, -0.05) is 60.7 Å². The van der Waals surface area contributed by atoms with E-state index in [-0.39, 0.29) is 11.5 Å². The summed E-state index contributed by atoms with van der Waals surface area (Å²) in [4.78, 5) is 0. The van der Waals surface area contributed by atoms with E-state index >= 15 is 0 Å². The predicted octanol–water partition coefficient (Wildman–Crippen LogP) is 9.32. The molecule has 0 radical (unpaired) electrons. The summed E-state index contributed by atoms with van der Waals surface area (Å²) in [7, 11) is -3.36. The maximum atomic E-state index is 13.3. The van der Waals surface area contributed by atoms with Crippen LogP contribution in [0, 0.1) is 11.3 Å². The van der Waals surface area contributed by atoms with Crippen molar-refractivity contribution in [1.29, 1.82) is 5.26 Å². The quantitative estimate of drug-likeness (QED) is 0.198. The Bertz CT molecular complexity index is 2690. The first kappa shape index (κ1) is 25.8. The first-order valence-electron chi connectivity index (χ1n) is 14.8. The fourth-order valence-corrected chi connectivity index (χ4v) is 8.52. The molecule has 0 fully saturated rings. The molecule has 9 rings (SSSR count). The minimum Gasteiger partial charge on any atom is -0.456 e. The molecule has 5 nitrogen and oxygen atoms in total. The van der Waals surface area contributed by atoms with Crippen LogP contribution in [0.5, 0.6) is 0 Å². The van der Waals surface area contributed by atoms with Crippen molar-refractivity contribution in [2.24, 2.45) is 0 Å². The standard InChI is InChI=1S/C39H24N2O3S/c40-21-24-9-16-37-35(17-24)30-5-1-3-7-36(30)41(37)29-14-12-28-23-45(42,43)22-27-11-10-25(18-33(27)34(28)20-29)26-13-15-32-31-6-2-4-8-38(31)44-39(32)19-26/h1-20H,22-23H2. The van der Waals surface area contributed by atoms with Gasteiger partial charge in [-0.3, -0.25) is 0 Å². The van der Waals surface area contributed by atoms with Gasteiger partial charge < -0.3 is 8.98 Å². The zero-order valence-electron chi connectivity index (χ0n) is 24.0. The lowest BCUT2D eigenvalue weighted by Gasteiger charge is -2.15. The summed E-state index contributed by atoms with van der Waals surface area (Å²) in [6.07, 6.45) is 0. The number of hydrogen-bond acceptors (Lipinski definition) is 4. The van der Waals surface area contributed by atoms with Crippen LogP contribution in [0.25, 0.3) is 71.7 Å². The molecule has 45 heavy (non-hydrogen) atoms. The van der Waals surface area contributed by atoms with Gasteiger partial charge in [0.2, 0.25) is 0 Å². The number of para-hydroxylation sites is 2. The van der Waals surface area contributed by atoms with Crippen LogP contribution >= 0.6 is 0 Å². The van der Waals surface area contributed by atoms with Crippen LogP contribution in [-0.4, -0.2) is 13.0 Å². The molecule has 8 aromatic rings. The van der Waals surface area contributed by atoms with Crippen LogP contribution in [0.15, 0.2) is 126 Å². The molecule has 0 spiro atoms. The number of nitriles is 1. The van der Waals surface area contributed by atoms with Gasteiger partial charge in [-0.05, 0) is 94.0 Å². The fraction of sp³-hybridized carbons (Fsp3) is 0.0513. The van der Waals surface area contributed by atoms with Crippen molar-refractivity contribution < 1.29 is 12.8 Å². The van der Waals surface area contributed by atoms with Gasteiger partial charge in [-0.15, -0.1) is 0 Å². The van der Waals surface area contributed by atoms with E-state index in [4.69, 9.17) is 4.42 Å². The minimum atomic E-state index is -3.36. The minimum absolute atomic E-state index is 0.0123. The molecule has 1 aliphatic rings. The third-order valence-electron chi connectivity index (χ3n) is 9.02. The number of benzene rings is 6. The molecule has 214 valence electrons. The molecule has 0 unspecified atom stereocenters. The Morgan fingerprint density at radius 1 is 0.600 bits per heavy atom. The molecule has 0 atom stereocenters. The highest BCUT2D eigenvalue weighted by molar-refractivity contribution is 7.89. The van der Waals surface area contributed by atoms with E-state index in [1.165, 1.54) is 0 Å². The van der Waals surface area contributed by atoms with Gasteiger partial charge in [-0.2, -0.15) is 5.26 Å². The van der Waals surface area contributed by atoms with Crippen LogP contribution in [0.2, 0.25) is 0 Å². The number of furan rings is 1. The molecular formula is C39H24N2O3S. The van der Waals surface area contributed by atoms with E-state index in [2.05, 4.69) is 59.2 Å². The normalized spacial score (nSPS) is 13.9. The molecule has 2 aromatic heterocycles. The molecule has 1 aliphatic heterocycles. The summed E-state index contributed by atoms with van der Waals surface area (Å²) in [6, 6.07) is 42.7. The van der Waals surface area contributed by atoms with Crippen LogP contribution in [0.4, 0.5) is 0 Å². The van der Waals surface area contributed by atoms with E-state index in [0.717, 1.165) is 82.8 Å². The van der Waals surface area contributed by atoms with Crippen molar-refractivity contribution in [3.8, 4) is 34.0 Å². The molecule has 0 saturated carbocycles. The topological polar surface area (TPSA) is 76.0 Å². The predicted molar refractivity (Wildman–Crippen MR) is 180 cm³/mol. The largest absolute Gasteiger partial charge is 0.456 e. The van der Waals surface area contributed by atoms with Gasteiger partial charge in [0.25, 0.3) is 0 Å². The zero-order chi connectivity index (χ0) is 30.3. The molecule has 0 saturated heterocycles. The lowest BCUT2D eigenvalue weighted by atomic mass is 9.92. The van der Waals surface area contributed by atoms with Crippen LogP contribution < -0.4 is 0 Å². The van der Waals surface area contributed by atoms with Gasteiger partial charge >= 0.3 is 0 Å². The van der Waals surface area contributed by atoms with Crippen molar-refractivity contribution >= 4 is 53.6 Å². The van der Waals surface area contributed by atoms with Crippen LogP contribution in [0.3, 0.4) is 0 Å². The highest BCUT2D eigenvalue weighted by Crippen LogP contribution is 2.40. The van der Waals surface area contributed by atoms with Crippen molar-refractivity contribution in [2.45, 2.75) is 11.5 Å². The number of rotatable bonds is 2. The summed E-state index contributed by atoms with van der Waals surface area (Å²) in [5.74, 6) is -0.0299. The molecular weight excluding hydrogens is 577 g/mol. The molecule has 0 amide bonds. The smallest absolute Gasteiger partial charge is 0.158 e. The molecule has 3 heterocycles. The summed E-state index contributed by atoms with van der Waals surface area (Å²) in [6.45, 7) is 0. The van der Waals surface area contributed by atoms with Gasteiger partial charge in [0, 0.05) is 27.2 Å². The number of fused-ring (bicyclic) bond motifs is 9. The summed E-state index contributed by atoms with van der Waals surface area (Å²) < 4.78 is 34.9. The van der Waals surface area contributed by atoms with Gasteiger partial charge in [0.05, 0.1) is 34.2 Å². The SMILES string of the molecule is N#Cc1ccc2c(c1)c1ccccc1n2-c1ccc2c(c1)-c1cc(-c3ccc4c(c3)oc3ccccc34)ccc1CS(=O)(=O)C2. The summed E-state index contributed by atoms with van der Waals surface area (Å²) in [5, 5.41) is 13.8. The Labute approximate surface area is 259 Å². The van der Waals surface area contributed by atoms with Crippen molar-refractivity contribution in [3.05, 3.63) is 138 Å². The molecule has 0 bridgehead atoms. The van der Waals surface area contributed by atoms with E-state index in [1.807, 2.05) is 72.8 Å². The maximum Gasteiger partial charge on any atom is 0.158 e. The maximum absolute atomic E-state index is 13.3. The number of nitrogens with zero attached hydrogens (tertiary/aromatic N) is 2. The van der Waals surface area contributed by atoms with E-state index in [1.54, 1.807) is 0 Å². The monoisotopic (exact) mass is 600 g/mol. The second kappa shape index (κ2) is 9.43. The third kappa shape index (κ3) is 4.02. The van der Waals surface area contributed by atoms with Crippen molar-refractivity contribution in [1.82, 2.24) is 4.57 Å². The zero-order valence-corrected chi connectivity index (χ0v) is 24.8. The summed E-state index contributed by atoms with van der Waals surface area (Å²) >= 11 is 0. The Morgan fingerprint density at radius 3 is 2.11 bits per heavy atom. The number of hydrogen-bond donors (Lipinski definition) is 0. The molecule has 0 aliphatic carbocycles. The number of aromatic nitrogens is 1. The average Bonchev–Trinajstić information content (AvgIpc) is 3.56. The Kier molecular flexibility index (Phi) is 5.41. The highest BCUT2D eigenvalue weighted by atomic mass is 32.2. The lowest BCUT2D eigenvalue weighted by Crippen LogP contribution is -2.05. The van der Waals surface area contributed by atoms with Crippen LogP contribution in [0.1, 0.15) is 16.7 Å². The van der Waals surface area contributed by atoms with Gasteiger partial charge in [0.15, 0.2) is 9.84 Å².